The molecule has 0 saturated carbocycles. The van der Waals surface area contributed by atoms with Crippen molar-refractivity contribution in [2.24, 2.45) is 0 Å². The molecule has 21 heavy (non-hydrogen) atoms. The van der Waals surface area contributed by atoms with Gasteiger partial charge in [-0.2, -0.15) is 13.2 Å². The average Bonchev–Trinajstić information content (AvgIpc) is 2.43. The van der Waals surface area contributed by atoms with Gasteiger partial charge < -0.3 is 9.47 Å². The van der Waals surface area contributed by atoms with Crippen molar-refractivity contribution >= 4 is 11.7 Å². The van der Waals surface area contributed by atoms with Gasteiger partial charge in [0.25, 0.3) is 5.69 Å². The van der Waals surface area contributed by atoms with Gasteiger partial charge in [0.1, 0.15) is 0 Å². The Labute approximate surface area is 117 Å². The van der Waals surface area contributed by atoms with Gasteiger partial charge in [-0.1, -0.05) is 12.1 Å². The summed E-state index contributed by atoms with van der Waals surface area (Å²) in [7, 11) is 1.71. The molecule has 1 unspecified atom stereocenters. The first-order valence-electron chi connectivity index (χ1n) is 5.61. The van der Waals surface area contributed by atoms with Crippen LogP contribution in [0, 0.1) is 10.1 Å². The molecule has 116 valence electrons. The predicted molar refractivity (Wildman–Crippen MR) is 64.5 cm³/mol. The molecular weight excluding hydrogens is 295 g/mol. The van der Waals surface area contributed by atoms with E-state index in [1.807, 2.05) is 0 Å². The lowest BCUT2D eigenvalue weighted by Gasteiger charge is -2.33. The third-order valence-electron chi connectivity index (χ3n) is 2.95. The van der Waals surface area contributed by atoms with E-state index in [-0.39, 0.29) is 0 Å². The Morgan fingerprint density at radius 1 is 1.33 bits per heavy atom. The zero-order valence-corrected chi connectivity index (χ0v) is 11.1. The summed E-state index contributed by atoms with van der Waals surface area (Å²) >= 11 is 0. The van der Waals surface area contributed by atoms with Gasteiger partial charge in [0, 0.05) is 24.8 Å². The summed E-state index contributed by atoms with van der Waals surface area (Å²) in [5.74, 6) is -1.15. The second kappa shape index (κ2) is 6.08. The van der Waals surface area contributed by atoms with Crippen LogP contribution in [0.3, 0.4) is 0 Å². The first-order valence-corrected chi connectivity index (χ1v) is 5.61. The summed E-state index contributed by atoms with van der Waals surface area (Å²) in [5.41, 5.74) is -4.09. The van der Waals surface area contributed by atoms with Crippen molar-refractivity contribution in [1.29, 1.82) is 0 Å². The monoisotopic (exact) mass is 307 g/mol. The summed E-state index contributed by atoms with van der Waals surface area (Å²) in [6.07, 6.45) is -6.12. The molecule has 0 aliphatic rings. The van der Waals surface area contributed by atoms with Crippen molar-refractivity contribution in [1.82, 2.24) is 0 Å². The van der Waals surface area contributed by atoms with E-state index >= 15 is 0 Å². The molecule has 0 fully saturated rings. The number of hydrogen-bond donors (Lipinski definition) is 0. The molecule has 0 aliphatic heterocycles. The maximum absolute atomic E-state index is 13.4. The number of nitro groups is 1. The number of carbonyl (C=O) groups is 1. The maximum Gasteiger partial charge on any atom is 0.422 e. The van der Waals surface area contributed by atoms with Crippen molar-refractivity contribution in [2.45, 2.75) is 18.2 Å². The molecule has 1 atom stereocenters. The first-order chi connectivity index (χ1) is 9.67. The number of carbonyl (C=O) groups excluding carboxylic acids is 1. The number of esters is 1. The minimum atomic E-state index is -4.97. The number of rotatable bonds is 5. The Hall–Kier alpha value is -2.16. The second-order valence-electron chi connectivity index (χ2n) is 4.09. The number of ether oxygens (including phenoxy) is 2. The molecule has 0 aromatic heterocycles. The Morgan fingerprint density at radius 2 is 1.95 bits per heavy atom. The third kappa shape index (κ3) is 3.30. The zero-order chi connectivity index (χ0) is 16.3. The average molecular weight is 307 g/mol. The molecule has 0 amide bonds. The molecule has 6 nitrogen and oxygen atoms in total. The van der Waals surface area contributed by atoms with Crippen LogP contribution in [0.15, 0.2) is 24.3 Å². The minimum absolute atomic E-state index is 0.539. The highest BCUT2D eigenvalue weighted by molar-refractivity contribution is 5.71. The van der Waals surface area contributed by atoms with Gasteiger partial charge in [0.05, 0.1) is 18.5 Å². The normalized spacial score (nSPS) is 14.3. The van der Waals surface area contributed by atoms with Crippen molar-refractivity contribution in [3.63, 3.8) is 0 Å². The first kappa shape index (κ1) is 16.9. The Balaban J connectivity index is 3.45. The summed E-state index contributed by atoms with van der Waals surface area (Å²) in [6, 6.07) is 3.86. The van der Waals surface area contributed by atoms with E-state index in [1.54, 1.807) is 0 Å². The Bertz CT molecular complexity index is 546. The van der Waals surface area contributed by atoms with Crippen LogP contribution in [-0.2, 0) is 19.9 Å². The van der Waals surface area contributed by atoms with Gasteiger partial charge in [-0.25, -0.2) is 0 Å². The lowest BCUT2D eigenvalue weighted by Crippen LogP contribution is -2.46. The van der Waals surface area contributed by atoms with Crippen molar-refractivity contribution < 1.29 is 32.4 Å². The van der Waals surface area contributed by atoms with E-state index in [2.05, 4.69) is 9.47 Å². The third-order valence-corrected chi connectivity index (χ3v) is 2.95. The van der Waals surface area contributed by atoms with Gasteiger partial charge in [-0.05, 0) is 0 Å². The van der Waals surface area contributed by atoms with Crippen LogP contribution in [0.5, 0.6) is 0 Å². The number of hydrogen-bond acceptors (Lipinski definition) is 5. The summed E-state index contributed by atoms with van der Waals surface area (Å²) in [5, 5.41) is 10.7. The minimum Gasteiger partial charge on any atom is -0.469 e. The van der Waals surface area contributed by atoms with Gasteiger partial charge in [0.15, 0.2) is 5.60 Å². The standard InChI is InChI=1S/C12H12F3NO5/c1-20-10(17)7-11(21-2,12(13,14)15)8-4-3-5-9(6-8)16(18)19/h3-6H,7H2,1-2H3. The van der Waals surface area contributed by atoms with Gasteiger partial charge >= 0.3 is 12.1 Å². The highest BCUT2D eigenvalue weighted by Crippen LogP contribution is 2.45. The Morgan fingerprint density at radius 3 is 2.38 bits per heavy atom. The summed E-state index contributed by atoms with van der Waals surface area (Å²) in [4.78, 5) is 21.1. The zero-order valence-electron chi connectivity index (χ0n) is 11.1. The molecule has 0 N–H and O–H groups in total. The molecular formula is C12H12F3NO5. The van der Waals surface area contributed by atoms with Gasteiger partial charge in [-0.15, -0.1) is 0 Å². The van der Waals surface area contributed by atoms with Crippen molar-refractivity contribution in [2.75, 3.05) is 14.2 Å². The van der Waals surface area contributed by atoms with Crippen LogP contribution in [0.25, 0.3) is 0 Å². The van der Waals surface area contributed by atoms with E-state index in [9.17, 15) is 28.1 Å². The fourth-order valence-electron chi connectivity index (χ4n) is 1.82. The number of alkyl halides is 3. The molecule has 0 radical (unpaired) electrons. The fraction of sp³-hybridized carbons (Fsp3) is 0.417. The summed E-state index contributed by atoms with van der Waals surface area (Å²) in [6.45, 7) is 0. The lowest BCUT2D eigenvalue weighted by molar-refractivity contribution is -0.385. The van der Waals surface area contributed by atoms with E-state index in [0.29, 0.717) is 0 Å². The van der Waals surface area contributed by atoms with Crippen molar-refractivity contribution in [3.05, 3.63) is 39.9 Å². The smallest absolute Gasteiger partial charge is 0.422 e. The molecule has 1 rings (SSSR count). The number of halogens is 3. The van der Waals surface area contributed by atoms with Gasteiger partial charge in [-0.3, -0.25) is 14.9 Å². The van der Waals surface area contributed by atoms with E-state index in [0.717, 1.165) is 38.5 Å². The molecule has 9 heteroatoms. The number of nitrogens with zero attached hydrogens (tertiary/aromatic N) is 1. The van der Waals surface area contributed by atoms with Crippen LogP contribution in [0.1, 0.15) is 12.0 Å². The van der Waals surface area contributed by atoms with Gasteiger partial charge in [0.2, 0.25) is 0 Å². The van der Waals surface area contributed by atoms with Crippen molar-refractivity contribution in [3.8, 4) is 0 Å². The molecule has 0 bridgehead atoms. The van der Waals surface area contributed by atoms with Crippen LogP contribution in [0.2, 0.25) is 0 Å². The van der Waals surface area contributed by atoms with E-state index in [4.69, 9.17) is 0 Å². The molecule has 0 spiro atoms. The van der Waals surface area contributed by atoms with E-state index < -0.39 is 40.3 Å². The topological polar surface area (TPSA) is 78.7 Å². The molecule has 0 aliphatic carbocycles. The molecule has 1 aromatic rings. The number of benzene rings is 1. The van der Waals surface area contributed by atoms with Crippen LogP contribution in [-0.4, -0.2) is 31.3 Å². The van der Waals surface area contributed by atoms with Crippen LogP contribution >= 0.6 is 0 Å². The lowest BCUT2D eigenvalue weighted by atomic mass is 9.89. The largest absolute Gasteiger partial charge is 0.469 e. The molecule has 1 aromatic carbocycles. The van der Waals surface area contributed by atoms with Crippen LogP contribution in [0.4, 0.5) is 18.9 Å². The van der Waals surface area contributed by atoms with Crippen LogP contribution < -0.4 is 0 Å². The highest BCUT2D eigenvalue weighted by atomic mass is 19.4. The molecule has 0 heterocycles. The summed E-state index contributed by atoms with van der Waals surface area (Å²) < 4.78 is 49.0. The molecule has 0 saturated heterocycles. The Kier molecular flexibility index (Phi) is 4.89. The number of methoxy groups -OCH3 is 2. The highest BCUT2D eigenvalue weighted by Gasteiger charge is 2.58. The quantitative estimate of drug-likeness (QED) is 0.474. The maximum atomic E-state index is 13.4. The predicted octanol–water partition coefficient (Wildman–Crippen LogP) is 2.56. The second-order valence-corrected chi connectivity index (χ2v) is 4.09. The number of non-ortho nitro benzene ring substituents is 1. The number of nitro benzene ring substituents is 1. The fourth-order valence-corrected chi connectivity index (χ4v) is 1.82. The SMILES string of the molecule is COC(=O)CC(OC)(c1cccc([N+](=O)[O-])c1)C(F)(F)F. The van der Waals surface area contributed by atoms with E-state index in [1.165, 1.54) is 0 Å².